The number of methoxy groups -OCH3 is 1. The van der Waals surface area contributed by atoms with E-state index in [1.807, 2.05) is 29.6 Å². The molecule has 2 aromatic heterocycles. The Morgan fingerprint density at radius 3 is 2.58 bits per heavy atom. The number of sulfonamides is 1. The highest BCUT2D eigenvalue weighted by Crippen LogP contribution is 2.34. The lowest BCUT2D eigenvalue weighted by Gasteiger charge is -2.16. The van der Waals surface area contributed by atoms with Gasteiger partial charge in [0.15, 0.2) is 5.82 Å². The van der Waals surface area contributed by atoms with Gasteiger partial charge in [0, 0.05) is 12.7 Å². The lowest BCUT2D eigenvalue weighted by Crippen LogP contribution is -2.21. The number of ether oxygens (including phenoxy) is 1. The molecule has 33 heavy (non-hydrogen) atoms. The summed E-state index contributed by atoms with van der Waals surface area (Å²) in [7, 11) is -0.454. The second-order valence-electron chi connectivity index (χ2n) is 7.09. The van der Waals surface area contributed by atoms with Gasteiger partial charge in [0.2, 0.25) is 16.0 Å². The van der Waals surface area contributed by atoms with E-state index in [2.05, 4.69) is 20.2 Å². The van der Waals surface area contributed by atoms with Crippen molar-refractivity contribution in [2.24, 2.45) is 0 Å². The third-order valence-electron chi connectivity index (χ3n) is 4.93. The quantitative estimate of drug-likeness (QED) is 0.368. The van der Waals surface area contributed by atoms with Crippen LogP contribution in [0, 0.1) is 5.82 Å². The Morgan fingerprint density at radius 2 is 1.91 bits per heavy atom. The number of nitrogens with zero attached hydrogens (tertiary/aromatic N) is 3. The normalized spacial score (nSPS) is 11.4. The molecular weight excluding hydrogens is 465 g/mol. The summed E-state index contributed by atoms with van der Waals surface area (Å²) < 4.78 is 48.6. The van der Waals surface area contributed by atoms with Crippen molar-refractivity contribution in [1.29, 1.82) is 0 Å². The molecule has 0 saturated carbocycles. The smallest absolute Gasteiger partial charge is 0.243 e. The zero-order valence-corrected chi connectivity index (χ0v) is 19.6. The molecule has 0 fully saturated rings. The molecule has 8 nitrogen and oxygen atoms in total. The molecule has 0 atom stereocenters. The second-order valence-corrected chi connectivity index (χ2v) is 9.88. The Bertz CT molecular complexity index is 1340. The van der Waals surface area contributed by atoms with Crippen molar-refractivity contribution < 1.29 is 17.5 Å². The van der Waals surface area contributed by atoms with Crippen LogP contribution < -0.4 is 14.8 Å². The van der Waals surface area contributed by atoms with E-state index in [9.17, 15) is 12.8 Å². The van der Waals surface area contributed by atoms with Crippen molar-refractivity contribution in [1.82, 2.24) is 14.8 Å². The molecule has 0 spiro atoms. The molecule has 4 aromatic rings. The molecule has 172 valence electrons. The zero-order chi connectivity index (χ0) is 23.4. The fourth-order valence-electron chi connectivity index (χ4n) is 3.26. The summed E-state index contributed by atoms with van der Waals surface area (Å²) in [5, 5.41) is 13.4. The number of aryl methyl sites for hydroxylation is 1. The van der Waals surface area contributed by atoms with Crippen LogP contribution in [0.5, 0.6) is 5.75 Å². The third-order valence-corrected chi connectivity index (χ3v) is 7.03. The van der Waals surface area contributed by atoms with Crippen LogP contribution in [-0.4, -0.2) is 43.1 Å². The molecular formula is C22H22FN5O3S2. The highest BCUT2D eigenvalue weighted by molar-refractivity contribution is 7.92. The highest BCUT2D eigenvalue weighted by atomic mass is 32.2. The maximum atomic E-state index is 13.1. The van der Waals surface area contributed by atoms with Gasteiger partial charge in [0.25, 0.3) is 0 Å². The number of hydrogen-bond acceptors (Lipinski definition) is 7. The SMILES string of the molecule is CNc1ccc(OC)c(-n2c(NS(=O)(=O)CCc3ccc(F)cc3)nnc2-c2cccs2)c1. The second kappa shape index (κ2) is 9.59. The molecule has 0 aliphatic heterocycles. The highest BCUT2D eigenvalue weighted by Gasteiger charge is 2.23. The van der Waals surface area contributed by atoms with Gasteiger partial charge in [-0.2, -0.15) is 0 Å². The van der Waals surface area contributed by atoms with E-state index in [4.69, 9.17) is 4.74 Å². The first-order chi connectivity index (χ1) is 15.9. The van der Waals surface area contributed by atoms with Gasteiger partial charge >= 0.3 is 0 Å². The lowest BCUT2D eigenvalue weighted by molar-refractivity contribution is 0.413. The average molecular weight is 488 g/mol. The van der Waals surface area contributed by atoms with Crippen LogP contribution in [0.25, 0.3) is 16.4 Å². The molecule has 2 N–H and O–H groups in total. The number of anilines is 2. The number of benzene rings is 2. The van der Waals surface area contributed by atoms with E-state index in [0.717, 1.165) is 10.6 Å². The Hall–Kier alpha value is -3.44. The molecule has 2 heterocycles. The monoisotopic (exact) mass is 487 g/mol. The Morgan fingerprint density at radius 1 is 1.12 bits per heavy atom. The Balaban J connectivity index is 1.71. The summed E-state index contributed by atoms with van der Waals surface area (Å²) in [5.41, 5.74) is 2.10. The van der Waals surface area contributed by atoms with Crippen LogP contribution in [0.1, 0.15) is 5.56 Å². The molecule has 2 aromatic carbocycles. The third kappa shape index (κ3) is 5.15. The van der Waals surface area contributed by atoms with Crippen molar-refractivity contribution >= 4 is 33.0 Å². The molecule has 0 amide bonds. The van der Waals surface area contributed by atoms with E-state index in [1.54, 1.807) is 36.9 Å². The standard InChI is InChI=1S/C22H22FN5O3S2/c1-24-17-9-10-19(31-2)18(14-17)28-21(20-4-3-12-32-20)25-26-22(28)27-33(29,30)13-11-15-5-7-16(23)8-6-15/h3-10,12,14,24H,11,13H2,1-2H3,(H,26,27). The summed E-state index contributed by atoms with van der Waals surface area (Å²) >= 11 is 1.46. The summed E-state index contributed by atoms with van der Waals surface area (Å²) in [6, 6.07) is 15.0. The van der Waals surface area contributed by atoms with E-state index in [0.29, 0.717) is 22.8 Å². The number of hydrogen-bond donors (Lipinski definition) is 2. The maximum Gasteiger partial charge on any atom is 0.243 e. The first kappa shape index (κ1) is 22.7. The minimum absolute atomic E-state index is 0.0454. The Labute approximate surface area is 195 Å². The van der Waals surface area contributed by atoms with Gasteiger partial charge in [-0.3, -0.25) is 9.29 Å². The average Bonchev–Trinajstić information content (AvgIpc) is 3.48. The molecule has 0 aliphatic rings. The predicted octanol–water partition coefficient (Wildman–Crippen LogP) is 4.17. The number of rotatable bonds is 9. The van der Waals surface area contributed by atoms with Gasteiger partial charge < -0.3 is 10.1 Å². The molecule has 0 aliphatic carbocycles. The molecule has 0 bridgehead atoms. The molecule has 4 rings (SSSR count). The largest absolute Gasteiger partial charge is 0.495 e. The van der Waals surface area contributed by atoms with Crippen LogP contribution in [0.4, 0.5) is 16.0 Å². The van der Waals surface area contributed by atoms with Gasteiger partial charge in [-0.15, -0.1) is 21.5 Å². The lowest BCUT2D eigenvalue weighted by atomic mass is 10.2. The number of thiophene rings is 1. The van der Waals surface area contributed by atoms with E-state index < -0.39 is 10.0 Å². The van der Waals surface area contributed by atoms with Crippen LogP contribution in [0.3, 0.4) is 0 Å². The minimum Gasteiger partial charge on any atom is -0.495 e. The van der Waals surface area contributed by atoms with Crippen molar-refractivity contribution in [3.8, 4) is 22.1 Å². The van der Waals surface area contributed by atoms with Crippen molar-refractivity contribution in [3.05, 3.63) is 71.4 Å². The topological polar surface area (TPSA) is 98.1 Å². The summed E-state index contributed by atoms with van der Waals surface area (Å²) in [4.78, 5) is 0.816. The molecule has 0 radical (unpaired) electrons. The summed E-state index contributed by atoms with van der Waals surface area (Å²) in [5.74, 6) is 0.481. The predicted molar refractivity (Wildman–Crippen MR) is 128 cm³/mol. The molecule has 0 unspecified atom stereocenters. The van der Waals surface area contributed by atoms with Crippen molar-refractivity contribution in [3.63, 3.8) is 0 Å². The summed E-state index contributed by atoms with van der Waals surface area (Å²) in [6.07, 6.45) is 0.222. The zero-order valence-electron chi connectivity index (χ0n) is 17.9. The van der Waals surface area contributed by atoms with Gasteiger partial charge in [-0.25, -0.2) is 12.8 Å². The van der Waals surface area contributed by atoms with Crippen LogP contribution >= 0.6 is 11.3 Å². The minimum atomic E-state index is -3.78. The number of aromatic nitrogens is 3. The van der Waals surface area contributed by atoms with Gasteiger partial charge in [0.1, 0.15) is 11.6 Å². The first-order valence-corrected chi connectivity index (χ1v) is 12.5. The van der Waals surface area contributed by atoms with Crippen molar-refractivity contribution in [2.75, 3.05) is 29.9 Å². The van der Waals surface area contributed by atoms with Crippen LogP contribution in [0.2, 0.25) is 0 Å². The van der Waals surface area contributed by atoms with Crippen LogP contribution in [-0.2, 0) is 16.4 Å². The number of nitrogens with one attached hydrogen (secondary N) is 2. The summed E-state index contributed by atoms with van der Waals surface area (Å²) in [6.45, 7) is 0. The van der Waals surface area contributed by atoms with E-state index in [-0.39, 0.29) is 23.9 Å². The van der Waals surface area contributed by atoms with Gasteiger partial charge in [0.05, 0.1) is 23.4 Å². The first-order valence-electron chi connectivity index (χ1n) is 10.0. The maximum absolute atomic E-state index is 13.1. The van der Waals surface area contributed by atoms with Crippen molar-refractivity contribution in [2.45, 2.75) is 6.42 Å². The molecule has 0 saturated heterocycles. The van der Waals surface area contributed by atoms with E-state index in [1.165, 1.54) is 23.5 Å². The van der Waals surface area contributed by atoms with Gasteiger partial charge in [-0.1, -0.05) is 18.2 Å². The van der Waals surface area contributed by atoms with E-state index >= 15 is 0 Å². The Kier molecular flexibility index (Phi) is 6.61. The fraction of sp³-hybridized carbons (Fsp3) is 0.182. The van der Waals surface area contributed by atoms with Gasteiger partial charge in [-0.05, 0) is 53.8 Å². The fourth-order valence-corrected chi connectivity index (χ4v) is 4.97. The van der Waals surface area contributed by atoms with Crippen LogP contribution in [0.15, 0.2) is 60.0 Å². The number of halogens is 1. The molecule has 11 heteroatoms.